The van der Waals surface area contributed by atoms with Crippen LogP contribution in [0.15, 0.2) is 70.7 Å². The van der Waals surface area contributed by atoms with Crippen molar-refractivity contribution in [1.82, 2.24) is 14.8 Å². The predicted octanol–water partition coefficient (Wildman–Crippen LogP) is 3.31. The summed E-state index contributed by atoms with van der Waals surface area (Å²) < 4.78 is 27.3. The number of aromatic nitrogens is 3. The zero-order valence-corrected chi connectivity index (χ0v) is 16.6. The first-order valence-electron chi connectivity index (χ1n) is 8.33. The molecule has 0 saturated heterocycles. The number of hydrogen-bond acceptors (Lipinski definition) is 6. The zero-order chi connectivity index (χ0) is 19.4. The van der Waals surface area contributed by atoms with Crippen LogP contribution in [0.4, 0.5) is 0 Å². The SMILES string of the molecule is CC(=O)C(C)Sc1nnc(CS(=O)(=O)c2ccccc2)n1-c1ccccc1. The summed E-state index contributed by atoms with van der Waals surface area (Å²) in [6, 6.07) is 17.5. The maximum Gasteiger partial charge on any atom is 0.196 e. The molecule has 140 valence electrons. The van der Waals surface area contributed by atoms with Gasteiger partial charge in [-0.3, -0.25) is 9.36 Å². The highest BCUT2D eigenvalue weighted by Gasteiger charge is 2.24. The van der Waals surface area contributed by atoms with E-state index in [4.69, 9.17) is 0 Å². The highest BCUT2D eigenvalue weighted by atomic mass is 32.2. The summed E-state index contributed by atoms with van der Waals surface area (Å²) >= 11 is 1.26. The summed E-state index contributed by atoms with van der Waals surface area (Å²) in [5.41, 5.74) is 0.749. The van der Waals surface area contributed by atoms with E-state index in [9.17, 15) is 13.2 Å². The van der Waals surface area contributed by atoms with Crippen LogP contribution in [0.25, 0.3) is 5.69 Å². The van der Waals surface area contributed by atoms with Gasteiger partial charge in [0.2, 0.25) is 0 Å². The van der Waals surface area contributed by atoms with Gasteiger partial charge in [0.25, 0.3) is 0 Å². The maximum absolute atomic E-state index is 12.8. The molecule has 1 heterocycles. The van der Waals surface area contributed by atoms with Gasteiger partial charge in [0.1, 0.15) is 11.5 Å². The first-order valence-corrected chi connectivity index (χ1v) is 10.9. The van der Waals surface area contributed by atoms with E-state index < -0.39 is 9.84 Å². The first-order chi connectivity index (χ1) is 12.9. The predicted molar refractivity (Wildman–Crippen MR) is 105 cm³/mol. The highest BCUT2D eigenvalue weighted by Crippen LogP contribution is 2.27. The van der Waals surface area contributed by atoms with Crippen LogP contribution in [-0.2, 0) is 20.4 Å². The van der Waals surface area contributed by atoms with Crippen molar-refractivity contribution in [2.45, 2.75) is 34.9 Å². The smallest absolute Gasteiger partial charge is 0.196 e. The third kappa shape index (κ3) is 4.45. The average Bonchev–Trinajstić information content (AvgIpc) is 3.04. The molecule has 0 aliphatic rings. The lowest BCUT2D eigenvalue weighted by molar-refractivity contribution is -0.116. The summed E-state index contributed by atoms with van der Waals surface area (Å²) in [6.45, 7) is 3.30. The molecular weight excluding hydrogens is 382 g/mol. The molecule has 8 heteroatoms. The molecule has 6 nitrogen and oxygen atoms in total. The van der Waals surface area contributed by atoms with Gasteiger partial charge in [0, 0.05) is 5.69 Å². The standard InChI is InChI=1S/C19H19N3O3S2/c1-14(23)15(2)26-19-21-20-18(22(19)16-9-5-3-6-10-16)13-27(24,25)17-11-7-4-8-12-17/h3-12,15H,13H2,1-2H3. The minimum absolute atomic E-state index is 0.0149. The molecule has 0 radical (unpaired) electrons. The molecule has 27 heavy (non-hydrogen) atoms. The minimum atomic E-state index is -3.57. The van der Waals surface area contributed by atoms with E-state index in [0.29, 0.717) is 11.0 Å². The second-order valence-electron chi connectivity index (χ2n) is 6.01. The number of sulfone groups is 1. The molecular formula is C19H19N3O3S2. The lowest BCUT2D eigenvalue weighted by atomic mass is 10.3. The van der Waals surface area contributed by atoms with Crippen molar-refractivity contribution >= 4 is 27.4 Å². The van der Waals surface area contributed by atoms with Crippen molar-refractivity contribution in [3.63, 3.8) is 0 Å². The summed E-state index contributed by atoms with van der Waals surface area (Å²) in [6.07, 6.45) is 0. The van der Waals surface area contributed by atoms with Gasteiger partial charge in [-0.1, -0.05) is 48.2 Å². The molecule has 3 aromatic rings. The Bertz CT molecular complexity index is 1030. The number of benzene rings is 2. The van der Waals surface area contributed by atoms with E-state index in [1.54, 1.807) is 41.8 Å². The number of para-hydroxylation sites is 1. The van der Waals surface area contributed by atoms with E-state index >= 15 is 0 Å². The number of thioether (sulfide) groups is 1. The van der Waals surface area contributed by atoms with Gasteiger partial charge in [-0.05, 0) is 38.1 Å². The van der Waals surface area contributed by atoms with Crippen molar-refractivity contribution in [1.29, 1.82) is 0 Å². The van der Waals surface area contributed by atoms with Crippen molar-refractivity contribution in [3.8, 4) is 5.69 Å². The third-order valence-electron chi connectivity index (χ3n) is 3.99. The summed E-state index contributed by atoms with van der Waals surface area (Å²) in [7, 11) is -3.57. The molecule has 0 saturated carbocycles. The Labute approximate surface area is 162 Å². The van der Waals surface area contributed by atoms with E-state index in [1.165, 1.54) is 18.7 Å². The fourth-order valence-electron chi connectivity index (χ4n) is 2.43. The van der Waals surface area contributed by atoms with Gasteiger partial charge >= 0.3 is 0 Å². The van der Waals surface area contributed by atoms with Crippen LogP contribution >= 0.6 is 11.8 Å². The molecule has 0 fully saturated rings. The molecule has 2 aromatic carbocycles. The van der Waals surface area contributed by atoms with Crippen molar-refractivity contribution in [2.75, 3.05) is 0 Å². The Balaban J connectivity index is 2.03. The number of carbonyl (C=O) groups is 1. The molecule has 1 aromatic heterocycles. The van der Waals surface area contributed by atoms with E-state index in [2.05, 4.69) is 10.2 Å². The molecule has 0 spiro atoms. The zero-order valence-electron chi connectivity index (χ0n) is 14.9. The molecule has 0 aliphatic carbocycles. The van der Waals surface area contributed by atoms with Gasteiger partial charge in [0.05, 0.1) is 10.1 Å². The molecule has 1 unspecified atom stereocenters. The number of ketones is 1. The van der Waals surface area contributed by atoms with Gasteiger partial charge in [0.15, 0.2) is 20.8 Å². The Hall–Kier alpha value is -2.45. The van der Waals surface area contributed by atoms with Crippen molar-refractivity contribution in [2.24, 2.45) is 0 Å². The normalized spacial score (nSPS) is 12.7. The number of nitrogens with zero attached hydrogens (tertiary/aromatic N) is 3. The third-order valence-corrected chi connectivity index (χ3v) is 6.78. The Morgan fingerprint density at radius 2 is 1.63 bits per heavy atom. The number of Topliss-reactive ketones (excluding diaryl/α,β-unsaturated/α-hetero) is 1. The fourth-order valence-corrected chi connectivity index (χ4v) is 4.58. The fraction of sp³-hybridized carbons (Fsp3) is 0.211. The molecule has 0 aliphatic heterocycles. The van der Waals surface area contributed by atoms with Crippen LogP contribution in [-0.4, -0.2) is 34.2 Å². The largest absolute Gasteiger partial charge is 0.299 e. The lowest BCUT2D eigenvalue weighted by Gasteiger charge is -2.12. The second kappa shape index (κ2) is 8.06. The molecule has 0 amide bonds. The molecule has 3 rings (SSSR count). The minimum Gasteiger partial charge on any atom is -0.299 e. The van der Waals surface area contributed by atoms with Crippen LogP contribution < -0.4 is 0 Å². The topological polar surface area (TPSA) is 81.9 Å². The second-order valence-corrected chi connectivity index (χ2v) is 9.31. The van der Waals surface area contributed by atoms with E-state index in [1.807, 2.05) is 30.3 Å². The summed E-state index contributed by atoms with van der Waals surface area (Å²) in [4.78, 5) is 11.9. The molecule has 0 bridgehead atoms. The summed E-state index contributed by atoms with van der Waals surface area (Å²) in [5, 5.41) is 8.45. The highest BCUT2D eigenvalue weighted by molar-refractivity contribution is 8.00. The Morgan fingerprint density at radius 1 is 1.04 bits per heavy atom. The van der Waals surface area contributed by atoms with Gasteiger partial charge in [-0.2, -0.15) is 0 Å². The number of rotatable bonds is 7. The first kappa shape index (κ1) is 19.3. The summed E-state index contributed by atoms with van der Waals surface area (Å²) in [5.74, 6) is 0.0397. The van der Waals surface area contributed by atoms with Gasteiger partial charge in [-0.25, -0.2) is 8.42 Å². The van der Waals surface area contributed by atoms with Crippen LogP contribution in [0.3, 0.4) is 0 Å². The number of hydrogen-bond donors (Lipinski definition) is 0. The maximum atomic E-state index is 12.8. The Kier molecular flexibility index (Phi) is 5.76. The quantitative estimate of drug-likeness (QED) is 0.565. The van der Waals surface area contributed by atoms with Gasteiger partial charge < -0.3 is 0 Å². The monoisotopic (exact) mass is 401 g/mol. The van der Waals surface area contributed by atoms with E-state index in [0.717, 1.165) is 5.69 Å². The van der Waals surface area contributed by atoms with Crippen molar-refractivity contribution in [3.05, 3.63) is 66.5 Å². The molecule has 1 atom stereocenters. The van der Waals surface area contributed by atoms with Crippen LogP contribution in [0.1, 0.15) is 19.7 Å². The van der Waals surface area contributed by atoms with Gasteiger partial charge in [-0.15, -0.1) is 10.2 Å². The van der Waals surface area contributed by atoms with E-state index in [-0.39, 0.29) is 21.7 Å². The lowest BCUT2D eigenvalue weighted by Crippen LogP contribution is -2.13. The average molecular weight is 402 g/mol. The Morgan fingerprint density at radius 3 is 2.22 bits per heavy atom. The van der Waals surface area contributed by atoms with Crippen LogP contribution in [0.5, 0.6) is 0 Å². The molecule has 0 N–H and O–H groups in total. The van der Waals surface area contributed by atoms with Crippen LogP contribution in [0, 0.1) is 0 Å². The number of carbonyl (C=O) groups excluding carboxylic acids is 1. The van der Waals surface area contributed by atoms with Crippen LogP contribution in [0.2, 0.25) is 0 Å². The van der Waals surface area contributed by atoms with Crippen molar-refractivity contribution < 1.29 is 13.2 Å².